The quantitative estimate of drug-likeness (QED) is 0.189. The molecule has 3 heterocycles. The number of thiazole rings is 1. The van der Waals surface area contributed by atoms with Gasteiger partial charge in [0.05, 0.1) is 5.60 Å². The molecular weight excluding hydrogens is 529 g/mol. The number of hydrogen-bond donors (Lipinski definition) is 3. The van der Waals surface area contributed by atoms with Crippen LogP contribution >= 0.6 is 11.3 Å². The Kier molecular flexibility index (Phi) is 8.07. The number of anilines is 2. The predicted octanol–water partition coefficient (Wildman–Crippen LogP) is 5.70. The van der Waals surface area contributed by atoms with E-state index in [4.69, 9.17) is 5.73 Å². The lowest BCUT2D eigenvalue weighted by atomic mass is 10.0. The van der Waals surface area contributed by atoms with Crippen LogP contribution in [0.4, 0.5) is 24.5 Å². The van der Waals surface area contributed by atoms with E-state index in [0.29, 0.717) is 40.4 Å². The van der Waals surface area contributed by atoms with E-state index >= 15 is 0 Å². The van der Waals surface area contributed by atoms with Crippen LogP contribution in [0.3, 0.4) is 0 Å². The lowest BCUT2D eigenvalue weighted by Gasteiger charge is -2.15. The van der Waals surface area contributed by atoms with Crippen molar-refractivity contribution in [3.8, 4) is 21.7 Å². The monoisotopic (exact) mass is 554 g/mol. The molecule has 0 saturated heterocycles. The van der Waals surface area contributed by atoms with E-state index in [2.05, 4.69) is 25.3 Å². The third kappa shape index (κ3) is 7.24. The van der Waals surface area contributed by atoms with E-state index < -0.39 is 23.4 Å². The molecule has 0 saturated carbocycles. The van der Waals surface area contributed by atoms with Gasteiger partial charge in [-0.05, 0) is 50.6 Å². The number of aliphatic imine (C=N–C) groups is 1. The largest absolute Gasteiger partial charge is 0.433 e. The Morgan fingerprint density at radius 3 is 2.62 bits per heavy atom. The molecule has 0 atom stereocenters. The highest BCUT2D eigenvalue weighted by molar-refractivity contribution is 7.13. The second kappa shape index (κ2) is 11.3. The summed E-state index contributed by atoms with van der Waals surface area (Å²) >= 11 is 1.28. The van der Waals surface area contributed by atoms with Crippen molar-refractivity contribution in [3.05, 3.63) is 77.3 Å². The van der Waals surface area contributed by atoms with Gasteiger partial charge in [0.2, 0.25) is 0 Å². The first-order chi connectivity index (χ1) is 18.4. The van der Waals surface area contributed by atoms with Crippen molar-refractivity contribution in [2.24, 2.45) is 4.99 Å². The van der Waals surface area contributed by atoms with Gasteiger partial charge in [-0.2, -0.15) is 13.2 Å². The van der Waals surface area contributed by atoms with Crippen molar-refractivity contribution in [1.29, 1.82) is 0 Å². The first-order valence-corrected chi connectivity index (χ1v) is 12.7. The summed E-state index contributed by atoms with van der Waals surface area (Å²) < 4.78 is 39.1. The Balaban J connectivity index is 1.67. The Labute approximate surface area is 226 Å². The molecule has 4 rings (SSSR count). The van der Waals surface area contributed by atoms with E-state index in [1.165, 1.54) is 23.6 Å². The fourth-order valence-electron chi connectivity index (χ4n) is 3.50. The van der Waals surface area contributed by atoms with Gasteiger partial charge in [0.15, 0.2) is 0 Å². The lowest BCUT2D eigenvalue weighted by Crippen LogP contribution is -2.19. The second-order valence-corrected chi connectivity index (χ2v) is 10.1. The second-order valence-electron chi connectivity index (χ2n) is 9.29. The van der Waals surface area contributed by atoms with Crippen molar-refractivity contribution in [3.63, 3.8) is 0 Å². The molecule has 0 bridgehead atoms. The van der Waals surface area contributed by atoms with Crippen molar-refractivity contribution >= 4 is 34.8 Å². The number of benzene rings is 1. The average molecular weight is 555 g/mol. The number of halogens is 3. The number of carbonyl (C=O) groups is 1. The molecule has 0 aliphatic rings. The summed E-state index contributed by atoms with van der Waals surface area (Å²) in [6.45, 7) is 3.69. The summed E-state index contributed by atoms with van der Waals surface area (Å²) in [5, 5.41) is 14.9. The number of rotatable bonds is 8. The van der Waals surface area contributed by atoms with Gasteiger partial charge >= 0.3 is 6.18 Å². The Morgan fingerprint density at radius 1 is 1.18 bits per heavy atom. The highest BCUT2D eigenvalue weighted by Crippen LogP contribution is 2.34. The third-order valence-electron chi connectivity index (χ3n) is 5.56. The average Bonchev–Trinajstić information content (AvgIpc) is 3.38. The van der Waals surface area contributed by atoms with Crippen LogP contribution in [0.1, 0.15) is 42.0 Å². The molecule has 8 nitrogen and oxygen atoms in total. The SMILES string of the molecule is CC(C)(O)CCN=Cc1cc(NC(=O)c2csc(-c3cccnc3)n2)c(-c2ccc(C(F)(F)F)nc2)cc1N. The highest BCUT2D eigenvalue weighted by Gasteiger charge is 2.32. The maximum atomic E-state index is 13.2. The minimum absolute atomic E-state index is 0.160. The Bertz CT molecular complexity index is 1480. The summed E-state index contributed by atoms with van der Waals surface area (Å²) in [5.41, 5.74) is 7.00. The zero-order valence-electron chi connectivity index (χ0n) is 21.0. The van der Waals surface area contributed by atoms with Crippen LogP contribution in [0, 0.1) is 0 Å². The maximum absolute atomic E-state index is 13.2. The molecule has 0 spiro atoms. The smallest absolute Gasteiger partial charge is 0.398 e. The van der Waals surface area contributed by atoms with Crippen molar-refractivity contribution in [2.45, 2.75) is 32.0 Å². The van der Waals surface area contributed by atoms with Crippen molar-refractivity contribution in [2.75, 3.05) is 17.6 Å². The third-order valence-corrected chi connectivity index (χ3v) is 6.46. The van der Waals surface area contributed by atoms with Crippen LogP contribution in [0.5, 0.6) is 0 Å². The lowest BCUT2D eigenvalue weighted by molar-refractivity contribution is -0.141. The number of nitrogens with two attached hydrogens (primary N) is 1. The van der Waals surface area contributed by atoms with E-state index in [9.17, 15) is 23.1 Å². The fourth-order valence-corrected chi connectivity index (χ4v) is 4.29. The molecule has 12 heteroatoms. The summed E-state index contributed by atoms with van der Waals surface area (Å²) in [4.78, 5) is 29.5. The van der Waals surface area contributed by atoms with E-state index in [1.54, 1.807) is 49.8 Å². The minimum atomic E-state index is -4.59. The van der Waals surface area contributed by atoms with Gasteiger partial charge in [-0.15, -0.1) is 11.3 Å². The van der Waals surface area contributed by atoms with E-state index in [0.717, 1.165) is 17.8 Å². The molecular formula is C27H25F3N6O2S. The number of pyridine rings is 2. The van der Waals surface area contributed by atoms with Crippen molar-refractivity contribution in [1.82, 2.24) is 15.0 Å². The Hall–Kier alpha value is -4.16. The molecule has 0 radical (unpaired) electrons. The predicted molar refractivity (Wildman–Crippen MR) is 146 cm³/mol. The molecule has 0 aliphatic heterocycles. The topological polar surface area (TPSA) is 126 Å². The number of nitrogen functional groups attached to an aromatic ring is 1. The van der Waals surface area contributed by atoms with Gasteiger partial charge in [-0.25, -0.2) is 4.98 Å². The molecule has 0 unspecified atom stereocenters. The molecule has 1 aromatic carbocycles. The summed E-state index contributed by atoms with van der Waals surface area (Å²) in [7, 11) is 0. The maximum Gasteiger partial charge on any atom is 0.433 e. The van der Waals surface area contributed by atoms with Crippen LogP contribution in [-0.2, 0) is 6.18 Å². The van der Waals surface area contributed by atoms with Crippen LogP contribution in [-0.4, -0.2) is 44.3 Å². The van der Waals surface area contributed by atoms with Gasteiger partial charge in [0.1, 0.15) is 16.4 Å². The zero-order chi connectivity index (χ0) is 28.2. The molecule has 4 aromatic rings. The normalized spacial score (nSPS) is 12.2. The molecule has 0 fully saturated rings. The number of amides is 1. The van der Waals surface area contributed by atoms with Crippen LogP contribution in [0.2, 0.25) is 0 Å². The highest BCUT2D eigenvalue weighted by atomic mass is 32.1. The standard InChI is InChI=1S/C27H25F3N6O2S/c1-26(2,38)7-9-33-13-18-10-21(19(11-20(18)31)16-5-6-23(34-14-16)27(28,29)30)35-24(37)22-15-39-25(36-22)17-4-3-8-32-12-17/h3-6,8,10-15,38H,7,9,31H2,1-2H3,(H,35,37). The molecule has 39 heavy (non-hydrogen) atoms. The van der Waals surface area contributed by atoms with Gasteiger partial charge in [0.25, 0.3) is 5.91 Å². The number of hydrogen-bond acceptors (Lipinski definition) is 8. The first kappa shape index (κ1) is 27.9. The number of nitrogens with one attached hydrogen (secondary N) is 1. The number of aromatic nitrogens is 3. The van der Waals surface area contributed by atoms with Crippen LogP contribution in [0.25, 0.3) is 21.7 Å². The van der Waals surface area contributed by atoms with Gasteiger partial charge < -0.3 is 16.2 Å². The minimum Gasteiger partial charge on any atom is -0.398 e. The van der Waals surface area contributed by atoms with E-state index in [-0.39, 0.29) is 11.4 Å². The first-order valence-electron chi connectivity index (χ1n) is 11.8. The molecule has 202 valence electrons. The van der Waals surface area contributed by atoms with Crippen LogP contribution < -0.4 is 11.1 Å². The number of aliphatic hydroxyl groups is 1. The number of nitrogens with zero attached hydrogens (tertiary/aromatic N) is 4. The summed E-state index contributed by atoms with van der Waals surface area (Å²) in [6.07, 6.45) is 1.71. The number of alkyl halides is 3. The molecule has 3 aromatic heterocycles. The molecule has 0 aliphatic carbocycles. The fraction of sp³-hybridized carbons (Fsp3) is 0.222. The van der Waals surface area contributed by atoms with Gasteiger partial charge in [-0.3, -0.25) is 19.8 Å². The molecule has 1 amide bonds. The zero-order valence-corrected chi connectivity index (χ0v) is 21.8. The van der Waals surface area contributed by atoms with Gasteiger partial charge in [-0.1, -0.05) is 6.07 Å². The Morgan fingerprint density at radius 2 is 1.97 bits per heavy atom. The van der Waals surface area contributed by atoms with E-state index in [1.807, 2.05) is 6.07 Å². The number of carbonyl (C=O) groups excluding carboxylic acids is 1. The summed E-state index contributed by atoms with van der Waals surface area (Å²) in [5.74, 6) is -0.516. The summed E-state index contributed by atoms with van der Waals surface area (Å²) in [6, 6.07) is 8.85. The molecule has 4 N–H and O–H groups in total. The van der Waals surface area contributed by atoms with Crippen LogP contribution in [0.15, 0.2) is 65.4 Å². The van der Waals surface area contributed by atoms with Gasteiger partial charge in [0, 0.05) is 70.4 Å². The van der Waals surface area contributed by atoms with Crippen molar-refractivity contribution < 1.29 is 23.1 Å².